The Morgan fingerprint density at radius 3 is 2.47 bits per heavy atom. The summed E-state index contributed by atoms with van der Waals surface area (Å²) in [5.74, 6) is -1.10. The maximum absolute atomic E-state index is 11.4. The molecule has 1 amide bonds. The number of carboxylic acid groups (broad SMARTS) is 1. The second-order valence-corrected chi connectivity index (χ2v) is 5.32. The van der Waals surface area contributed by atoms with E-state index in [0.717, 1.165) is 0 Å². The lowest BCUT2D eigenvalue weighted by atomic mass is 9.96. The fourth-order valence-corrected chi connectivity index (χ4v) is 1.52. The number of hydrogen-bond donors (Lipinski definition) is 1. The molecule has 0 aromatic rings. The molecule has 1 rings (SSSR count). The maximum atomic E-state index is 11.4. The molecule has 1 aliphatic rings. The number of ether oxygens (including phenoxy) is 1. The number of amides is 1. The van der Waals surface area contributed by atoms with Gasteiger partial charge in [0.25, 0.3) is 0 Å². The largest absolute Gasteiger partial charge is 0.478 e. The second kappa shape index (κ2) is 3.40. The van der Waals surface area contributed by atoms with Crippen molar-refractivity contribution in [2.24, 2.45) is 5.41 Å². The Hall–Kier alpha value is -1.26. The van der Waals surface area contributed by atoms with Gasteiger partial charge in [0.15, 0.2) is 0 Å². The predicted molar refractivity (Wildman–Crippen MR) is 53.5 cm³/mol. The number of nitrogens with zero attached hydrogens (tertiary/aromatic N) is 1. The Balaban J connectivity index is 2.73. The van der Waals surface area contributed by atoms with Crippen molar-refractivity contribution in [2.75, 3.05) is 13.1 Å². The molecule has 1 fully saturated rings. The first-order valence-corrected chi connectivity index (χ1v) is 4.85. The molecule has 86 valence electrons. The van der Waals surface area contributed by atoms with Crippen molar-refractivity contribution in [1.82, 2.24) is 4.90 Å². The zero-order valence-electron chi connectivity index (χ0n) is 9.53. The van der Waals surface area contributed by atoms with Crippen LogP contribution in [0.1, 0.15) is 27.7 Å². The van der Waals surface area contributed by atoms with Crippen molar-refractivity contribution in [3.8, 4) is 0 Å². The van der Waals surface area contributed by atoms with Gasteiger partial charge < -0.3 is 14.7 Å². The van der Waals surface area contributed by atoms with Crippen LogP contribution in [0.25, 0.3) is 0 Å². The van der Waals surface area contributed by atoms with Crippen molar-refractivity contribution >= 4 is 12.1 Å². The van der Waals surface area contributed by atoms with E-state index < -0.39 is 17.7 Å². The quantitative estimate of drug-likeness (QED) is 0.754. The average molecular weight is 215 g/mol. The molecule has 15 heavy (non-hydrogen) atoms. The fourth-order valence-electron chi connectivity index (χ4n) is 1.52. The van der Waals surface area contributed by atoms with Crippen molar-refractivity contribution in [2.45, 2.75) is 33.3 Å². The molecule has 1 heterocycles. The highest BCUT2D eigenvalue weighted by molar-refractivity contribution is 5.84. The van der Waals surface area contributed by atoms with Gasteiger partial charge in [-0.15, -0.1) is 0 Å². The molecule has 1 unspecified atom stereocenters. The highest BCUT2D eigenvalue weighted by Gasteiger charge is 2.48. The molecular formula is C10H17NO4. The lowest BCUT2D eigenvalue weighted by Gasteiger charge is -2.24. The van der Waals surface area contributed by atoms with Crippen molar-refractivity contribution in [1.29, 1.82) is 0 Å². The van der Waals surface area contributed by atoms with Crippen LogP contribution in [0, 0.1) is 5.41 Å². The van der Waals surface area contributed by atoms with Gasteiger partial charge in [-0.3, -0.25) is 0 Å². The molecule has 0 aromatic heterocycles. The van der Waals surface area contributed by atoms with Crippen LogP contribution in [0.2, 0.25) is 0 Å². The number of carbonyl (C=O) groups is 2. The Morgan fingerprint density at radius 2 is 2.13 bits per heavy atom. The summed E-state index contributed by atoms with van der Waals surface area (Å²) in [4.78, 5) is 23.7. The Morgan fingerprint density at radius 1 is 1.60 bits per heavy atom. The lowest BCUT2D eigenvalue weighted by Crippen LogP contribution is -2.41. The number of carboxylic acids is 1. The Labute approximate surface area is 89.0 Å². The molecule has 0 bridgehead atoms. The minimum absolute atomic E-state index is 0.0667. The zero-order valence-corrected chi connectivity index (χ0v) is 9.53. The molecular weight excluding hydrogens is 198 g/mol. The predicted octanol–water partition coefficient (Wildman–Crippen LogP) is 1.33. The van der Waals surface area contributed by atoms with Gasteiger partial charge in [0.1, 0.15) is 0 Å². The van der Waals surface area contributed by atoms with Crippen LogP contribution in [0.3, 0.4) is 0 Å². The van der Waals surface area contributed by atoms with Crippen LogP contribution >= 0.6 is 0 Å². The van der Waals surface area contributed by atoms with E-state index in [0.29, 0.717) is 6.54 Å². The third-order valence-electron chi connectivity index (χ3n) is 2.18. The summed E-state index contributed by atoms with van der Waals surface area (Å²) in [6.45, 7) is 7.97. The first-order valence-electron chi connectivity index (χ1n) is 4.85. The number of hydrogen-bond acceptors (Lipinski definition) is 3. The molecule has 1 N–H and O–H groups in total. The van der Waals surface area contributed by atoms with Crippen molar-refractivity contribution in [3.63, 3.8) is 0 Å². The van der Waals surface area contributed by atoms with Crippen LogP contribution in [-0.4, -0.2) is 40.8 Å². The van der Waals surface area contributed by atoms with E-state index >= 15 is 0 Å². The highest BCUT2D eigenvalue weighted by Crippen LogP contribution is 2.26. The van der Waals surface area contributed by atoms with E-state index in [2.05, 4.69) is 0 Å². The summed E-state index contributed by atoms with van der Waals surface area (Å²) in [6, 6.07) is 0. The van der Waals surface area contributed by atoms with E-state index in [1.54, 1.807) is 0 Å². The zero-order chi connectivity index (χ0) is 11.9. The summed E-state index contributed by atoms with van der Waals surface area (Å²) in [5, 5.41) is 8.90. The molecule has 1 atom stereocenters. The Kier molecular flexibility index (Phi) is 2.67. The van der Waals surface area contributed by atoms with Gasteiger partial charge >= 0.3 is 12.1 Å². The summed E-state index contributed by atoms with van der Waals surface area (Å²) in [7, 11) is 0. The van der Waals surface area contributed by atoms with Gasteiger partial charge in [0, 0.05) is 6.54 Å². The number of aliphatic carboxylic acids is 1. The summed E-state index contributed by atoms with van der Waals surface area (Å²) in [6.07, 6.45) is -0.546. The third kappa shape index (κ3) is 2.61. The van der Waals surface area contributed by atoms with Crippen LogP contribution in [-0.2, 0) is 9.53 Å². The first-order chi connectivity index (χ1) is 6.64. The Bertz CT molecular complexity index is 294. The van der Waals surface area contributed by atoms with Gasteiger partial charge in [-0.2, -0.15) is 0 Å². The van der Waals surface area contributed by atoms with E-state index in [9.17, 15) is 9.59 Å². The fraction of sp³-hybridized carbons (Fsp3) is 0.800. The minimum atomic E-state index is -1.40. The van der Waals surface area contributed by atoms with Gasteiger partial charge in [-0.25, -0.2) is 9.59 Å². The molecule has 5 heteroatoms. The van der Waals surface area contributed by atoms with E-state index in [-0.39, 0.29) is 12.0 Å². The molecule has 0 spiro atoms. The highest BCUT2D eigenvalue weighted by atomic mass is 16.6. The lowest BCUT2D eigenvalue weighted by molar-refractivity contribution is -0.153. The molecule has 0 saturated carbocycles. The monoisotopic (exact) mass is 215 g/mol. The third-order valence-corrected chi connectivity index (χ3v) is 2.18. The van der Waals surface area contributed by atoms with Crippen LogP contribution in [0.15, 0.2) is 0 Å². The van der Waals surface area contributed by atoms with E-state index in [1.165, 1.54) is 11.8 Å². The molecule has 5 nitrogen and oxygen atoms in total. The van der Waals surface area contributed by atoms with Crippen molar-refractivity contribution < 1.29 is 19.4 Å². The minimum Gasteiger partial charge on any atom is -0.478 e. The van der Waals surface area contributed by atoms with E-state index in [1.807, 2.05) is 20.8 Å². The first kappa shape index (κ1) is 11.8. The van der Waals surface area contributed by atoms with Gasteiger partial charge in [0.2, 0.25) is 5.60 Å². The number of carbonyl (C=O) groups excluding carboxylic acids is 1. The average Bonchev–Trinajstić information content (AvgIpc) is 2.24. The summed E-state index contributed by atoms with van der Waals surface area (Å²) < 4.78 is 4.86. The summed E-state index contributed by atoms with van der Waals surface area (Å²) in [5.41, 5.74) is -1.47. The normalized spacial score (nSPS) is 26.7. The van der Waals surface area contributed by atoms with Crippen LogP contribution in [0.5, 0.6) is 0 Å². The topological polar surface area (TPSA) is 66.8 Å². The standard InChI is InChI=1S/C10H17NO4/c1-9(2,3)5-11-6-10(4,7(12)13)15-8(11)14/h5-6H2,1-4H3,(H,12,13). The number of cyclic esters (lactones) is 1. The van der Waals surface area contributed by atoms with Gasteiger partial charge in [0.05, 0.1) is 6.54 Å². The molecule has 0 radical (unpaired) electrons. The number of rotatable bonds is 2. The molecule has 0 aromatic carbocycles. The van der Waals surface area contributed by atoms with Gasteiger partial charge in [-0.05, 0) is 12.3 Å². The summed E-state index contributed by atoms with van der Waals surface area (Å²) >= 11 is 0. The molecule has 1 aliphatic heterocycles. The smallest absolute Gasteiger partial charge is 0.411 e. The van der Waals surface area contributed by atoms with Gasteiger partial charge in [-0.1, -0.05) is 20.8 Å². The molecule has 0 aliphatic carbocycles. The molecule has 1 saturated heterocycles. The van der Waals surface area contributed by atoms with Crippen LogP contribution < -0.4 is 0 Å². The maximum Gasteiger partial charge on any atom is 0.411 e. The van der Waals surface area contributed by atoms with Crippen LogP contribution in [0.4, 0.5) is 4.79 Å². The SMILES string of the molecule is CC(C)(C)CN1CC(C)(C(=O)O)OC1=O. The van der Waals surface area contributed by atoms with Crippen molar-refractivity contribution in [3.05, 3.63) is 0 Å². The van der Waals surface area contributed by atoms with E-state index in [4.69, 9.17) is 9.84 Å². The second-order valence-electron chi connectivity index (χ2n) is 5.32.